The van der Waals surface area contributed by atoms with Gasteiger partial charge in [0, 0.05) is 6.42 Å². The molecule has 0 spiro atoms. The largest absolute Gasteiger partial charge is 0.401 e. The Hall–Kier alpha value is -0.523. The normalized spacial score (nSPS) is 18.5. The van der Waals surface area contributed by atoms with E-state index in [1.54, 1.807) is 0 Å². The lowest BCUT2D eigenvalue weighted by Gasteiger charge is -2.39. The fourth-order valence-electron chi connectivity index (χ4n) is 2.78. The van der Waals surface area contributed by atoms with Gasteiger partial charge in [0.25, 0.3) is 0 Å². The summed E-state index contributed by atoms with van der Waals surface area (Å²) < 4.78 is 6.58. The van der Waals surface area contributed by atoms with Gasteiger partial charge in [-0.15, -0.1) is 12.5 Å². The Balaban J connectivity index is 2.73. The van der Waals surface area contributed by atoms with Crippen LogP contribution in [0.25, 0.3) is 0 Å². The molecule has 1 aliphatic carbocycles. The zero-order chi connectivity index (χ0) is 14.2. The Morgan fingerprint density at radius 2 is 1.95 bits per heavy atom. The van der Waals surface area contributed by atoms with Gasteiger partial charge in [0.05, 0.1) is 0 Å². The minimum Gasteiger partial charge on any atom is -0.401 e. The Kier molecular flexibility index (Phi) is 6.89. The lowest BCUT2D eigenvalue weighted by Crippen LogP contribution is -2.44. The predicted molar refractivity (Wildman–Crippen MR) is 86.7 cm³/mol. The van der Waals surface area contributed by atoms with Crippen LogP contribution in [0.5, 0.6) is 0 Å². The average Bonchev–Trinajstić information content (AvgIpc) is 2.35. The average molecular weight is 279 g/mol. The maximum absolute atomic E-state index is 6.58. The monoisotopic (exact) mass is 278 g/mol. The van der Waals surface area contributed by atoms with Crippen molar-refractivity contribution in [2.24, 2.45) is 0 Å². The third-order valence-electron chi connectivity index (χ3n) is 3.74. The predicted octanol–water partition coefficient (Wildman–Crippen LogP) is 5.29. The van der Waals surface area contributed by atoms with Crippen molar-refractivity contribution in [1.29, 1.82) is 0 Å². The van der Waals surface area contributed by atoms with Crippen molar-refractivity contribution in [2.45, 2.75) is 83.0 Å². The quantitative estimate of drug-likeness (QED) is 0.277. The van der Waals surface area contributed by atoms with Crippen molar-refractivity contribution in [3.05, 3.63) is 12.7 Å². The van der Waals surface area contributed by atoms with Crippen molar-refractivity contribution in [1.82, 2.24) is 0 Å². The Morgan fingerprint density at radius 3 is 2.53 bits per heavy atom. The molecule has 0 aliphatic heterocycles. The maximum Gasteiger partial charge on any atom is 0.192 e. The third kappa shape index (κ3) is 5.97. The molecular weight excluding hydrogens is 248 g/mol. The molecule has 0 amide bonds. The molecule has 0 aromatic rings. The van der Waals surface area contributed by atoms with E-state index in [1.807, 2.05) is 6.08 Å². The molecule has 0 unspecified atom stereocenters. The SMILES string of the molecule is C=CC[Si](C)(C)OC1(C#CCCCC)CCCCC1. The van der Waals surface area contributed by atoms with Gasteiger partial charge in [-0.05, 0) is 51.2 Å². The van der Waals surface area contributed by atoms with E-state index in [0.29, 0.717) is 0 Å². The molecule has 0 atom stereocenters. The van der Waals surface area contributed by atoms with Crippen LogP contribution < -0.4 is 0 Å². The van der Waals surface area contributed by atoms with Gasteiger partial charge in [0.1, 0.15) is 5.60 Å². The summed E-state index contributed by atoms with van der Waals surface area (Å²) in [7, 11) is -1.65. The molecule has 2 heteroatoms. The summed E-state index contributed by atoms with van der Waals surface area (Å²) in [6.07, 6.45) is 11.6. The summed E-state index contributed by atoms with van der Waals surface area (Å²) in [5.74, 6) is 6.90. The number of hydrogen-bond acceptors (Lipinski definition) is 1. The summed E-state index contributed by atoms with van der Waals surface area (Å²) in [5, 5.41) is 0. The van der Waals surface area contributed by atoms with Crippen LogP contribution in [0.1, 0.15) is 58.3 Å². The summed E-state index contributed by atoms with van der Waals surface area (Å²) >= 11 is 0. The molecule has 19 heavy (non-hydrogen) atoms. The van der Waals surface area contributed by atoms with E-state index in [1.165, 1.54) is 32.1 Å². The second-order valence-electron chi connectivity index (χ2n) is 6.31. The van der Waals surface area contributed by atoms with E-state index >= 15 is 0 Å². The molecule has 1 nitrogen and oxygen atoms in total. The van der Waals surface area contributed by atoms with Gasteiger partial charge in [-0.1, -0.05) is 31.8 Å². The molecule has 1 fully saturated rings. The van der Waals surface area contributed by atoms with Gasteiger partial charge in [0.15, 0.2) is 8.32 Å². The lowest BCUT2D eigenvalue weighted by molar-refractivity contribution is 0.0784. The fourth-order valence-corrected chi connectivity index (χ4v) is 4.87. The van der Waals surface area contributed by atoms with Crippen molar-refractivity contribution >= 4 is 8.32 Å². The van der Waals surface area contributed by atoms with Crippen LogP contribution in [-0.4, -0.2) is 13.9 Å². The first-order valence-corrected chi connectivity index (χ1v) is 11.0. The standard InChI is InChI=1S/C17H30OSi/c1-5-7-8-10-13-17(14-11-9-12-15-17)18-19(3,4)16-6-2/h6H,2,5,7-9,11-12,14-16H2,1,3-4H3. The second-order valence-corrected chi connectivity index (χ2v) is 10.4. The highest BCUT2D eigenvalue weighted by atomic mass is 28.4. The number of rotatable bonds is 6. The van der Waals surface area contributed by atoms with Crippen molar-refractivity contribution in [3.63, 3.8) is 0 Å². The minimum absolute atomic E-state index is 0.134. The molecule has 0 saturated heterocycles. The maximum atomic E-state index is 6.58. The van der Waals surface area contributed by atoms with Crippen molar-refractivity contribution in [2.75, 3.05) is 0 Å². The first-order valence-electron chi connectivity index (χ1n) is 7.85. The summed E-state index contributed by atoms with van der Waals surface area (Å²) in [4.78, 5) is 0. The summed E-state index contributed by atoms with van der Waals surface area (Å²) in [6, 6.07) is 1.02. The highest BCUT2D eigenvalue weighted by Crippen LogP contribution is 2.34. The van der Waals surface area contributed by atoms with Crippen LogP contribution in [0.15, 0.2) is 12.7 Å². The first-order chi connectivity index (χ1) is 9.04. The molecule has 1 aliphatic rings. The van der Waals surface area contributed by atoms with Gasteiger partial charge >= 0.3 is 0 Å². The Bertz CT molecular complexity index is 329. The van der Waals surface area contributed by atoms with Crippen LogP contribution >= 0.6 is 0 Å². The lowest BCUT2D eigenvalue weighted by atomic mass is 9.85. The van der Waals surface area contributed by atoms with E-state index < -0.39 is 8.32 Å². The highest BCUT2D eigenvalue weighted by Gasteiger charge is 2.37. The summed E-state index contributed by atoms with van der Waals surface area (Å²) in [5.41, 5.74) is -0.134. The summed E-state index contributed by atoms with van der Waals surface area (Å²) in [6.45, 7) is 10.7. The van der Waals surface area contributed by atoms with Crippen molar-refractivity contribution in [3.8, 4) is 11.8 Å². The molecule has 0 aromatic carbocycles. The van der Waals surface area contributed by atoms with Crippen LogP contribution in [0.3, 0.4) is 0 Å². The van der Waals surface area contributed by atoms with Gasteiger partial charge in [-0.25, -0.2) is 0 Å². The van der Waals surface area contributed by atoms with Gasteiger partial charge in [-0.3, -0.25) is 0 Å². The molecule has 0 N–H and O–H groups in total. The molecule has 0 heterocycles. The fraction of sp³-hybridized carbons (Fsp3) is 0.765. The zero-order valence-electron chi connectivity index (χ0n) is 13.1. The number of unbranched alkanes of at least 4 members (excludes halogenated alkanes) is 2. The highest BCUT2D eigenvalue weighted by molar-refractivity contribution is 6.71. The van der Waals surface area contributed by atoms with Crippen LogP contribution in [0, 0.1) is 11.8 Å². The Labute approximate surface area is 120 Å². The molecule has 0 bridgehead atoms. The molecule has 0 radical (unpaired) electrons. The van der Waals surface area contributed by atoms with E-state index in [2.05, 4.69) is 38.4 Å². The van der Waals surface area contributed by atoms with E-state index in [-0.39, 0.29) is 5.60 Å². The molecule has 0 aromatic heterocycles. The second kappa shape index (κ2) is 7.92. The number of hydrogen-bond donors (Lipinski definition) is 0. The molecule has 1 rings (SSSR count). The Morgan fingerprint density at radius 1 is 1.26 bits per heavy atom. The van der Waals surface area contributed by atoms with Gasteiger partial charge < -0.3 is 4.43 Å². The van der Waals surface area contributed by atoms with Gasteiger partial charge in [-0.2, -0.15) is 0 Å². The van der Waals surface area contributed by atoms with E-state index in [4.69, 9.17) is 4.43 Å². The smallest absolute Gasteiger partial charge is 0.192 e. The molecule has 1 saturated carbocycles. The van der Waals surface area contributed by atoms with E-state index in [9.17, 15) is 0 Å². The topological polar surface area (TPSA) is 9.23 Å². The first kappa shape index (κ1) is 16.5. The van der Waals surface area contributed by atoms with Gasteiger partial charge in [0.2, 0.25) is 0 Å². The minimum atomic E-state index is -1.65. The number of allylic oxidation sites excluding steroid dienone is 1. The molecular formula is C17H30OSi. The zero-order valence-corrected chi connectivity index (χ0v) is 14.1. The third-order valence-corrected chi connectivity index (χ3v) is 5.96. The van der Waals surface area contributed by atoms with E-state index in [0.717, 1.165) is 25.3 Å². The van der Waals surface area contributed by atoms with Crippen LogP contribution in [0.2, 0.25) is 19.1 Å². The molecule has 108 valence electrons. The van der Waals surface area contributed by atoms with Crippen LogP contribution in [0.4, 0.5) is 0 Å². The van der Waals surface area contributed by atoms with Crippen LogP contribution in [-0.2, 0) is 4.43 Å². The van der Waals surface area contributed by atoms with Crippen molar-refractivity contribution < 1.29 is 4.43 Å².